The molecule has 0 radical (unpaired) electrons. The van der Waals surface area contributed by atoms with Crippen molar-refractivity contribution in [2.24, 2.45) is 4.99 Å². The Bertz CT molecular complexity index is 874. The Morgan fingerprint density at radius 1 is 1.08 bits per heavy atom. The molecule has 118 valence electrons. The molecule has 2 aromatic carbocycles. The van der Waals surface area contributed by atoms with Gasteiger partial charge in [0.1, 0.15) is 6.07 Å². The molecular weight excluding hydrogens is 298 g/mol. The minimum Gasteiger partial charge on any atom is -0.483 e. The molecule has 0 saturated heterocycles. The Morgan fingerprint density at radius 2 is 1.75 bits per heavy atom. The van der Waals surface area contributed by atoms with Gasteiger partial charge in [-0.25, -0.2) is 4.99 Å². The maximum atomic E-state index is 9.53. The van der Waals surface area contributed by atoms with Crippen LogP contribution in [-0.2, 0) is 4.74 Å². The summed E-state index contributed by atoms with van der Waals surface area (Å²) >= 11 is 0. The van der Waals surface area contributed by atoms with Crippen molar-refractivity contribution in [3.8, 4) is 23.0 Å². The largest absolute Gasteiger partial charge is 0.483 e. The maximum absolute atomic E-state index is 9.53. The van der Waals surface area contributed by atoms with Crippen LogP contribution in [0.25, 0.3) is 16.9 Å². The molecule has 3 aromatic rings. The smallest absolute Gasteiger partial charge is 0.176 e. The summed E-state index contributed by atoms with van der Waals surface area (Å²) in [6.45, 7) is 2.42. The fourth-order valence-electron chi connectivity index (χ4n) is 2.53. The van der Waals surface area contributed by atoms with Crippen molar-refractivity contribution in [3.63, 3.8) is 0 Å². The van der Waals surface area contributed by atoms with Gasteiger partial charge in [0, 0.05) is 5.69 Å². The minimum absolute atomic E-state index is 0.508. The molecule has 0 bridgehead atoms. The molecule has 0 atom stereocenters. The fraction of sp³-hybridized carbons (Fsp3) is 0.100. The summed E-state index contributed by atoms with van der Waals surface area (Å²) in [5.41, 5.74) is 3.40. The first kappa shape index (κ1) is 15.6. The lowest BCUT2D eigenvalue weighted by Crippen LogP contribution is -1.97. The molecule has 1 heterocycles. The summed E-state index contributed by atoms with van der Waals surface area (Å²) in [7, 11) is 0. The number of aliphatic imine (C=N–C) groups is 1. The van der Waals surface area contributed by atoms with Crippen molar-refractivity contribution in [2.45, 2.75) is 6.92 Å². The standard InChI is InChI=1S/C20H17N3O/c1-2-24-15-22-20-17(14-21)13-19(16-9-5-3-6-10-16)23(20)18-11-7-4-8-12-18/h3-13,15H,2H2,1H3/b22-15+. The molecular formula is C20H17N3O. The molecule has 0 unspecified atom stereocenters. The third-order valence-corrected chi connectivity index (χ3v) is 3.60. The van der Waals surface area contributed by atoms with E-state index in [4.69, 9.17) is 4.74 Å². The van der Waals surface area contributed by atoms with Crippen LogP contribution >= 0.6 is 0 Å². The van der Waals surface area contributed by atoms with Gasteiger partial charge >= 0.3 is 0 Å². The molecule has 3 rings (SSSR count). The highest BCUT2D eigenvalue weighted by molar-refractivity contribution is 5.74. The fourth-order valence-corrected chi connectivity index (χ4v) is 2.53. The monoisotopic (exact) mass is 315 g/mol. The van der Waals surface area contributed by atoms with Crippen molar-refractivity contribution in [1.82, 2.24) is 4.57 Å². The molecule has 0 amide bonds. The lowest BCUT2D eigenvalue weighted by Gasteiger charge is -2.11. The van der Waals surface area contributed by atoms with Gasteiger partial charge < -0.3 is 4.74 Å². The van der Waals surface area contributed by atoms with E-state index >= 15 is 0 Å². The van der Waals surface area contributed by atoms with E-state index in [0.717, 1.165) is 16.9 Å². The number of rotatable bonds is 5. The highest BCUT2D eigenvalue weighted by Gasteiger charge is 2.17. The highest BCUT2D eigenvalue weighted by Crippen LogP contribution is 2.34. The first-order valence-electron chi connectivity index (χ1n) is 7.76. The van der Waals surface area contributed by atoms with Crippen LogP contribution in [0.5, 0.6) is 0 Å². The molecule has 0 aliphatic heterocycles. The predicted molar refractivity (Wildman–Crippen MR) is 95.7 cm³/mol. The highest BCUT2D eigenvalue weighted by atomic mass is 16.5. The van der Waals surface area contributed by atoms with Crippen LogP contribution in [0, 0.1) is 11.3 Å². The van der Waals surface area contributed by atoms with E-state index < -0.39 is 0 Å². The molecule has 24 heavy (non-hydrogen) atoms. The van der Waals surface area contributed by atoms with Crippen molar-refractivity contribution in [2.75, 3.05) is 6.61 Å². The molecule has 0 saturated carbocycles. The normalized spacial score (nSPS) is 10.7. The summed E-state index contributed by atoms with van der Waals surface area (Å²) in [5, 5.41) is 9.53. The number of hydrogen-bond acceptors (Lipinski definition) is 3. The van der Waals surface area contributed by atoms with Crippen LogP contribution in [0.3, 0.4) is 0 Å². The number of para-hydroxylation sites is 1. The van der Waals surface area contributed by atoms with Gasteiger partial charge in [-0.1, -0.05) is 48.5 Å². The Morgan fingerprint density at radius 3 is 2.38 bits per heavy atom. The number of aromatic nitrogens is 1. The number of hydrogen-bond donors (Lipinski definition) is 0. The third kappa shape index (κ3) is 3.06. The van der Waals surface area contributed by atoms with Gasteiger partial charge in [-0.15, -0.1) is 0 Å². The molecule has 4 nitrogen and oxygen atoms in total. The first-order chi connectivity index (χ1) is 11.8. The molecule has 0 fully saturated rings. The molecule has 4 heteroatoms. The maximum Gasteiger partial charge on any atom is 0.176 e. The summed E-state index contributed by atoms with van der Waals surface area (Å²) in [6, 6.07) is 23.9. The lowest BCUT2D eigenvalue weighted by molar-refractivity contribution is 0.344. The Balaban J connectivity index is 2.25. The van der Waals surface area contributed by atoms with Crippen LogP contribution in [0.15, 0.2) is 71.7 Å². The Kier molecular flexibility index (Phi) is 4.73. The van der Waals surface area contributed by atoms with Gasteiger partial charge in [0.15, 0.2) is 12.2 Å². The van der Waals surface area contributed by atoms with Crippen LogP contribution in [0.2, 0.25) is 0 Å². The van der Waals surface area contributed by atoms with Crippen LogP contribution in [0.1, 0.15) is 12.5 Å². The first-order valence-corrected chi connectivity index (χ1v) is 7.76. The zero-order chi connectivity index (χ0) is 16.8. The average Bonchev–Trinajstić information content (AvgIpc) is 3.02. The number of nitrogens with zero attached hydrogens (tertiary/aromatic N) is 3. The third-order valence-electron chi connectivity index (χ3n) is 3.60. The number of benzene rings is 2. The molecule has 0 N–H and O–H groups in total. The van der Waals surface area contributed by atoms with Crippen LogP contribution in [0.4, 0.5) is 5.82 Å². The zero-order valence-electron chi connectivity index (χ0n) is 13.4. The van der Waals surface area contributed by atoms with Crippen molar-refractivity contribution in [3.05, 3.63) is 72.3 Å². The Labute approximate surface area is 141 Å². The molecule has 0 aliphatic carbocycles. The van der Waals surface area contributed by atoms with E-state index in [0.29, 0.717) is 18.0 Å². The molecule has 0 spiro atoms. The van der Waals surface area contributed by atoms with Gasteiger partial charge in [-0.05, 0) is 30.7 Å². The van der Waals surface area contributed by atoms with E-state index in [2.05, 4.69) is 11.1 Å². The number of ether oxygens (including phenoxy) is 1. The van der Waals surface area contributed by atoms with E-state index in [9.17, 15) is 5.26 Å². The lowest BCUT2D eigenvalue weighted by atomic mass is 10.1. The van der Waals surface area contributed by atoms with Crippen molar-refractivity contribution >= 4 is 12.2 Å². The zero-order valence-corrected chi connectivity index (χ0v) is 13.4. The van der Waals surface area contributed by atoms with Gasteiger partial charge in [0.05, 0.1) is 17.9 Å². The SMILES string of the molecule is CCO/C=N/c1c(C#N)cc(-c2ccccc2)n1-c1ccccc1. The summed E-state index contributed by atoms with van der Waals surface area (Å²) in [5.74, 6) is 0.566. The number of nitriles is 1. The Hall–Kier alpha value is -3.32. The van der Waals surface area contributed by atoms with Gasteiger partial charge in [-0.2, -0.15) is 5.26 Å². The minimum atomic E-state index is 0.508. The van der Waals surface area contributed by atoms with Crippen LogP contribution < -0.4 is 0 Å². The van der Waals surface area contributed by atoms with Gasteiger partial charge in [-0.3, -0.25) is 4.57 Å². The quantitative estimate of drug-likeness (QED) is 0.505. The van der Waals surface area contributed by atoms with Crippen molar-refractivity contribution < 1.29 is 4.74 Å². The predicted octanol–water partition coefficient (Wildman–Crippen LogP) is 4.71. The van der Waals surface area contributed by atoms with Gasteiger partial charge in [0.25, 0.3) is 0 Å². The van der Waals surface area contributed by atoms with E-state index in [1.807, 2.05) is 78.2 Å². The topological polar surface area (TPSA) is 50.3 Å². The molecule has 1 aromatic heterocycles. The summed E-state index contributed by atoms with van der Waals surface area (Å²) in [4.78, 5) is 4.38. The summed E-state index contributed by atoms with van der Waals surface area (Å²) < 4.78 is 7.20. The van der Waals surface area contributed by atoms with Gasteiger partial charge in [0.2, 0.25) is 0 Å². The second kappa shape index (κ2) is 7.30. The van der Waals surface area contributed by atoms with Crippen molar-refractivity contribution in [1.29, 1.82) is 5.26 Å². The average molecular weight is 315 g/mol. The van der Waals surface area contributed by atoms with Crippen LogP contribution in [-0.4, -0.2) is 17.6 Å². The molecule has 0 aliphatic rings. The summed E-state index contributed by atoms with van der Waals surface area (Å²) in [6.07, 6.45) is 1.39. The second-order valence-corrected chi connectivity index (χ2v) is 5.11. The van der Waals surface area contributed by atoms with E-state index in [-0.39, 0.29) is 0 Å². The second-order valence-electron chi connectivity index (χ2n) is 5.11. The van der Waals surface area contributed by atoms with E-state index in [1.165, 1.54) is 6.40 Å². The van der Waals surface area contributed by atoms with E-state index in [1.54, 1.807) is 0 Å².